The quantitative estimate of drug-likeness (QED) is 0.816. The maximum absolute atomic E-state index is 13.3. The summed E-state index contributed by atoms with van der Waals surface area (Å²) in [6.45, 7) is 3.75. The van der Waals surface area contributed by atoms with Crippen LogP contribution in [0.2, 0.25) is 0 Å². The molecule has 1 fully saturated rings. The summed E-state index contributed by atoms with van der Waals surface area (Å²) in [6, 6.07) is 11.9. The van der Waals surface area contributed by atoms with Gasteiger partial charge < -0.3 is 10.1 Å². The zero-order valence-corrected chi connectivity index (χ0v) is 14.5. The molecule has 3 rings (SSSR count). The average molecular weight is 368 g/mol. The van der Waals surface area contributed by atoms with Crippen LogP contribution in [0.15, 0.2) is 53.7 Å². The van der Waals surface area contributed by atoms with Crippen molar-refractivity contribution in [2.24, 2.45) is 0 Å². The van der Waals surface area contributed by atoms with Crippen molar-refractivity contribution in [3.05, 3.63) is 59.8 Å². The monoisotopic (exact) mass is 368 g/mol. The van der Waals surface area contributed by atoms with Gasteiger partial charge >= 0.3 is 6.18 Å². The summed E-state index contributed by atoms with van der Waals surface area (Å²) in [5.74, 6) is 0. The molecule has 0 amide bonds. The van der Waals surface area contributed by atoms with Crippen molar-refractivity contribution in [1.29, 1.82) is 0 Å². The smallest absolute Gasteiger partial charge is 0.371 e. The minimum Gasteiger partial charge on any atom is -0.371 e. The van der Waals surface area contributed by atoms with Crippen LogP contribution in [0.5, 0.6) is 0 Å². The Kier molecular flexibility index (Phi) is 5.36. The van der Waals surface area contributed by atoms with E-state index in [1.54, 1.807) is 0 Å². The molecule has 2 atom stereocenters. The summed E-state index contributed by atoms with van der Waals surface area (Å²) < 4.78 is 46.0. The molecule has 1 unspecified atom stereocenters. The van der Waals surface area contributed by atoms with Crippen molar-refractivity contribution in [3.8, 4) is 0 Å². The molecule has 2 aromatic rings. The first-order chi connectivity index (χ1) is 11.9. The Morgan fingerprint density at radius 1 is 1.20 bits per heavy atom. The molecule has 0 bridgehead atoms. The first-order valence-electron chi connectivity index (χ1n) is 7.99. The lowest BCUT2D eigenvalue weighted by Crippen LogP contribution is -2.50. The molecule has 1 saturated heterocycles. The van der Waals surface area contributed by atoms with Gasteiger partial charge in [-0.15, -0.1) is 0 Å². The van der Waals surface area contributed by atoms with Gasteiger partial charge in [0.25, 0.3) is 0 Å². The van der Waals surface area contributed by atoms with Crippen LogP contribution < -0.4 is 5.32 Å². The second-order valence-corrected chi connectivity index (χ2v) is 7.19. The average Bonchev–Trinajstić information content (AvgIpc) is 2.60. The molecule has 25 heavy (non-hydrogen) atoms. The van der Waals surface area contributed by atoms with Gasteiger partial charge in [0.05, 0.1) is 23.0 Å². The standard InChI is InChI=1S/C18H19F3N2OS/c1-17(12-22-10-11-24-17)15(13-6-3-2-4-7-13)25-16-14(18(19,20)21)8-5-9-23-16/h2-9,15,22H,10-12H2,1H3/t15-,17?/m0/s1. The zero-order chi connectivity index (χ0) is 17.9. The van der Waals surface area contributed by atoms with E-state index < -0.39 is 17.3 Å². The van der Waals surface area contributed by atoms with Crippen LogP contribution in [0, 0.1) is 0 Å². The van der Waals surface area contributed by atoms with Crippen molar-refractivity contribution in [1.82, 2.24) is 10.3 Å². The van der Waals surface area contributed by atoms with Crippen molar-refractivity contribution in [2.45, 2.75) is 29.0 Å². The summed E-state index contributed by atoms with van der Waals surface area (Å²) in [6.07, 6.45) is -3.05. The number of rotatable bonds is 4. The van der Waals surface area contributed by atoms with Crippen molar-refractivity contribution >= 4 is 11.8 Å². The summed E-state index contributed by atoms with van der Waals surface area (Å²) in [5, 5.41) is 2.93. The van der Waals surface area contributed by atoms with Gasteiger partial charge in [0, 0.05) is 19.3 Å². The lowest BCUT2D eigenvalue weighted by atomic mass is 9.94. The molecular formula is C18H19F3N2OS. The van der Waals surface area contributed by atoms with E-state index in [9.17, 15) is 13.2 Å². The normalized spacial score (nSPS) is 22.6. The van der Waals surface area contributed by atoms with Gasteiger partial charge in [0.1, 0.15) is 5.03 Å². The highest BCUT2D eigenvalue weighted by molar-refractivity contribution is 7.99. The molecule has 7 heteroatoms. The molecule has 1 aromatic carbocycles. The largest absolute Gasteiger partial charge is 0.419 e. The van der Waals surface area contributed by atoms with Crippen LogP contribution >= 0.6 is 11.8 Å². The predicted molar refractivity (Wildman–Crippen MR) is 91.5 cm³/mol. The van der Waals surface area contributed by atoms with Gasteiger partial charge in [0.2, 0.25) is 0 Å². The molecule has 1 aromatic heterocycles. The Labute approximate surface area is 149 Å². The Hall–Kier alpha value is -1.57. The molecule has 0 radical (unpaired) electrons. The number of hydrogen-bond donors (Lipinski definition) is 1. The van der Waals surface area contributed by atoms with Crippen LogP contribution in [0.1, 0.15) is 23.3 Å². The van der Waals surface area contributed by atoms with E-state index in [1.165, 1.54) is 12.3 Å². The Bertz CT molecular complexity index is 703. The van der Waals surface area contributed by atoms with Crippen LogP contribution in [-0.2, 0) is 10.9 Å². The highest BCUT2D eigenvalue weighted by Gasteiger charge is 2.41. The molecule has 134 valence electrons. The molecule has 1 N–H and O–H groups in total. The first kappa shape index (κ1) is 18.2. The Morgan fingerprint density at radius 2 is 1.96 bits per heavy atom. The maximum Gasteiger partial charge on any atom is 0.419 e. The van der Waals surface area contributed by atoms with Gasteiger partial charge in [-0.05, 0) is 24.6 Å². The van der Waals surface area contributed by atoms with E-state index in [-0.39, 0.29) is 10.3 Å². The third-order valence-electron chi connectivity index (χ3n) is 4.15. The maximum atomic E-state index is 13.3. The summed E-state index contributed by atoms with van der Waals surface area (Å²) in [7, 11) is 0. The van der Waals surface area contributed by atoms with E-state index in [0.717, 1.165) is 29.9 Å². The molecule has 2 heterocycles. The minimum atomic E-state index is -4.44. The van der Waals surface area contributed by atoms with Crippen LogP contribution in [0.4, 0.5) is 13.2 Å². The number of aromatic nitrogens is 1. The third kappa shape index (κ3) is 4.16. The van der Waals surface area contributed by atoms with Gasteiger partial charge in [-0.3, -0.25) is 0 Å². The second kappa shape index (κ2) is 7.35. The number of benzene rings is 1. The number of halogens is 3. The Morgan fingerprint density at radius 3 is 2.60 bits per heavy atom. The molecule has 1 aliphatic rings. The highest BCUT2D eigenvalue weighted by Crippen LogP contribution is 2.47. The fourth-order valence-corrected chi connectivity index (χ4v) is 4.25. The van der Waals surface area contributed by atoms with Gasteiger partial charge in [0.15, 0.2) is 0 Å². The number of ether oxygens (including phenoxy) is 1. The van der Waals surface area contributed by atoms with Crippen molar-refractivity contribution < 1.29 is 17.9 Å². The van der Waals surface area contributed by atoms with Gasteiger partial charge in [-0.1, -0.05) is 42.1 Å². The molecule has 1 aliphatic heterocycles. The number of nitrogens with zero attached hydrogens (tertiary/aromatic N) is 1. The SMILES string of the molecule is CC1([C@@H](Sc2ncccc2C(F)(F)F)c2ccccc2)CNCCO1. The third-order valence-corrected chi connectivity index (χ3v) is 5.70. The van der Waals surface area contributed by atoms with Gasteiger partial charge in [-0.2, -0.15) is 13.2 Å². The molecule has 3 nitrogen and oxygen atoms in total. The number of hydrogen-bond acceptors (Lipinski definition) is 4. The fourth-order valence-electron chi connectivity index (χ4n) is 2.90. The van der Waals surface area contributed by atoms with E-state index in [4.69, 9.17) is 4.74 Å². The number of thioether (sulfide) groups is 1. The summed E-state index contributed by atoms with van der Waals surface area (Å²) in [4.78, 5) is 4.00. The number of pyridine rings is 1. The Balaban J connectivity index is 2.00. The molecule has 0 spiro atoms. The molecule has 0 aliphatic carbocycles. The van der Waals surface area contributed by atoms with Crippen molar-refractivity contribution in [2.75, 3.05) is 19.7 Å². The van der Waals surface area contributed by atoms with Crippen LogP contribution in [0.3, 0.4) is 0 Å². The first-order valence-corrected chi connectivity index (χ1v) is 8.87. The van der Waals surface area contributed by atoms with E-state index in [2.05, 4.69) is 10.3 Å². The number of morpholine rings is 1. The highest BCUT2D eigenvalue weighted by atomic mass is 32.2. The van der Waals surface area contributed by atoms with Gasteiger partial charge in [-0.25, -0.2) is 4.98 Å². The van der Waals surface area contributed by atoms with Crippen LogP contribution in [-0.4, -0.2) is 30.3 Å². The van der Waals surface area contributed by atoms with Crippen LogP contribution in [0.25, 0.3) is 0 Å². The number of nitrogens with one attached hydrogen (secondary N) is 1. The molecule has 0 saturated carbocycles. The lowest BCUT2D eigenvalue weighted by Gasteiger charge is -2.40. The second-order valence-electron chi connectivity index (χ2n) is 6.10. The molecular weight excluding hydrogens is 349 g/mol. The lowest BCUT2D eigenvalue weighted by molar-refractivity contribution is -0.140. The van der Waals surface area contributed by atoms with E-state index in [1.807, 2.05) is 37.3 Å². The predicted octanol–water partition coefficient (Wildman–Crippen LogP) is 4.31. The zero-order valence-electron chi connectivity index (χ0n) is 13.7. The number of alkyl halides is 3. The van der Waals surface area contributed by atoms with E-state index >= 15 is 0 Å². The summed E-state index contributed by atoms with van der Waals surface area (Å²) >= 11 is 1.10. The van der Waals surface area contributed by atoms with Crippen molar-refractivity contribution in [3.63, 3.8) is 0 Å². The topological polar surface area (TPSA) is 34.2 Å². The van der Waals surface area contributed by atoms with E-state index in [0.29, 0.717) is 13.2 Å². The summed E-state index contributed by atoms with van der Waals surface area (Å²) in [5.41, 5.74) is -0.434. The fraction of sp³-hybridized carbons (Fsp3) is 0.389. The minimum absolute atomic E-state index is 0.0285.